The molecule has 20 heavy (non-hydrogen) atoms. The molecule has 1 saturated carbocycles. The van der Waals surface area contributed by atoms with Gasteiger partial charge in [0.1, 0.15) is 5.75 Å². The summed E-state index contributed by atoms with van der Waals surface area (Å²) in [5.74, 6) is 2.66. The summed E-state index contributed by atoms with van der Waals surface area (Å²) in [6.45, 7) is 7.64. The molecule has 0 heterocycles. The third-order valence-corrected chi connectivity index (χ3v) is 4.34. The van der Waals surface area contributed by atoms with Gasteiger partial charge in [0.15, 0.2) is 0 Å². The van der Waals surface area contributed by atoms with Gasteiger partial charge in [0.25, 0.3) is 0 Å². The molecule has 1 aliphatic rings. The van der Waals surface area contributed by atoms with Gasteiger partial charge in [0.05, 0.1) is 6.61 Å². The highest BCUT2D eigenvalue weighted by molar-refractivity contribution is 5.48. The van der Waals surface area contributed by atoms with Gasteiger partial charge in [-0.3, -0.25) is 0 Å². The van der Waals surface area contributed by atoms with Crippen molar-refractivity contribution in [1.82, 2.24) is 0 Å². The van der Waals surface area contributed by atoms with E-state index < -0.39 is 0 Å². The molecule has 1 fully saturated rings. The highest BCUT2D eigenvalue weighted by atomic mass is 16.5. The van der Waals surface area contributed by atoms with Crippen LogP contribution in [-0.4, -0.2) is 12.6 Å². The van der Waals surface area contributed by atoms with Crippen LogP contribution in [0.4, 0.5) is 5.69 Å². The SMILES string of the molecule is CCCOc1cccc(NC2CCCC(C(C)C)C2)c1. The fourth-order valence-corrected chi connectivity index (χ4v) is 3.10. The molecule has 1 aromatic carbocycles. The first-order valence-corrected chi connectivity index (χ1v) is 8.18. The fourth-order valence-electron chi connectivity index (χ4n) is 3.10. The number of hydrogen-bond acceptors (Lipinski definition) is 2. The molecule has 0 spiro atoms. The predicted octanol–water partition coefficient (Wildman–Crippen LogP) is 5.10. The van der Waals surface area contributed by atoms with Gasteiger partial charge < -0.3 is 10.1 Å². The van der Waals surface area contributed by atoms with Gasteiger partial charge in [0.2, 0.25) is 0 Å². The van der Waals surface area contributed by atoms with Crippen LogP contribution in [-0.2, 0) is 0 Å². The number of benzene rings is 1. The quantitative estimate of drug-likeness (QED) is 0.779. The molecule has 0 radical (unpaired) electrons. The summed E-state index contributed by atoms with van der Waals surface area (Å²) in [5.41, 5.74) is 1.20. The zero-order valence-electron chi connectivity index (χ0n) is 13.2. The Morgan fingerprint density at radius 2 is 2.15 bits per heavy atom. The standard InChI is InChI=1S/C18H29NO/c1-4-11-20-18-10-6-9-17(13-18)19-16-8-5-7-15(12-16)14(2)3/h6,9-10,13-16,19H,4-5,7-8,11-12H2,1-3H3. The lowest BCUT2D eigenvalue weighted by Crippen LogP contribution is -2.29. The van der Waals surface area contributed by atoms with Crippen LogP contribution < -0.4 is 10.1 Å². The maximum Gasteiger partial charge on any atom is 0.121 e. The molecule has 2 rings (SSSR count). The largest absolute Gasteiger partial charge is 0.494 e. The van der Waals surface area contributed by atoms with Crippen molar-refractivity contribution in [3.63, 3.8) is 0 Å². The van der Waals surface area contributed by atoms with E-state index in [9.17, 15) is 0 Å². The molecular formula is C18H29NO. The minimum absolute atomic E-state index is 0.623. The average Bonchev–Trinajstić information content (AvgIpc) is 2.46. The molecule has 2 nitrogen and oxygen atoms in total. The number of nitrogens with one attached hydrogen (secondary N) is 1. The molecule has 0 aliphatic heterocycles. The first kappa shape index (κ1) is 15.2. The Bertz CT molecular complexity index is 402. The molecular weight excluding hydrogens is 246 g/mol. The molecule has 0 saturated heterocycles. The van der Waals surface area contributed by atoms with E-state index in [1.54, 1.807) is 0 Å². The van der Waals surface area contributed by atoms with Crippen molar-refractivity contribution in [3.8, 4) is 5.75 Å². The third-order valence-electron chi connectivity index (χ3n) is 4.34. The zero-order chi connectivity index (χ0) is 14.4. The van der Waals surface area contributed by atoms with Gasteiger partial charge in [0, 0.05) is 17.8 Å². The minimum Gasteiger partial charge on any atom is -0.494 e. The van der Waals surface area contributed by atoms with Gasteiger partial charge >= 0.3 is 0 Å². The van der Waals surface area contributed by atoms with E-state index in [0.717, 1.165) is 30.6 Å². The van der Waals surface area contributed by atoms with Crippen molar-refractivity contribution < 1.29 is 4.74 Å². The second kappa shape index (κ2) is 7.56. The summed E-state index contributed by atoms with van der Waals surface area (Å²) in [5, 5.41) is 3.70. The number of rotatable bonds is 6. The molecule has 0 aromatic heterocycles. The number of ether oxygens (including phenoxy) is 1. The summed E-state index contributed by atoms with van der Waals surface area (Å²) >= 11 is 0. The maximum absolute atomic E-state index is 5.70. The molecule has 0 bridgehead atoms. The van der Waals surface area contributed by atoms with Gasteiger partial charge in [-0.1, -0.05) is 39.7 Å². The Morgan fingerprint density at radius 1 is 1.30 bits per heavy atom. The Hall–Kier alpha value is -1.18. The van der Waals surface area contributed by atoms with Crippen molar-refractivity contribution in [2.75, 3.05) is 11.9 Å². The fraction of sp³-hybridized carbons (Fsp3) is 0.667. The molecule has 2 atom stereocenters. The monoisotopic (exact) mass is 275 g/mol. The lowest BCUT2D eigenvalue weighted by Gasteiger charge is -2.32. The lowest BCUT2D eigenvalue weighted by molar-refractivity contribution is 0.264. The zero-order valence-corrected chi connectivity index (χ0v) is 13.2. The molecule has 2 heteroatoms. The topological polar surface area (TPSA) is 21.3 Å². The van der Waals surface area contributed by atoms with Crippen LogP contribution in [0.5, 0.6) is 5.75 Å². The normalized spacial score (nSPS) is 22.8. The Morgan fingerprint density at radius 3 is 2.90 bits per heavy atom. The molecule has 0 amide bonds. The average molecular weight is 275 g/mol. The van der Waals surface area contributed by atoms with Gasteiger partial charge in [-0.05, 0) is 43.2 Å². The van der Waals surface area contributed by atoms with Gasteiger partial charge in [-0.2, -0.15) is 0 Å². The molecule has 112 valence electrons. The molecule has 1 aromatic rings. The predicted molar refractivity (Wildman–Crippen MR) is 86.4 cm³/mol. The van der Waals surface area contributed by atoms with Crippen LogP contribution >= 0.6 is 0 Å². The highest BCUT2D eigenvalue weighted by Crippen LogP contribution is 2.32. The summed E-state index contributed by atoms with van der Waals surface area (Å²) in [4.78, 5) is 0. The lowest BCUT2D eigenvalue weighted by atomic mass is 9.79. The van der Waals surface area contributed by atoms with Crippen LogP contribution in [0.3, 0.4) is 0 Å². The van der Waals surface area contributed by atoms with Crippen molar-refractivity contribution in [3.05, 3.63) is 24.3 Å². The summed E-state index contributed by atoms with van der Waals surface area (Å²) in [7, 11) is 0. The van der Waals surface area contributed by atoms with E-state index in [2.05, 4.69) is 44.3 Å². The van der Waals surface area contributed by atoms with Crippen LogP contribution in [0, 0.1) is 11.8 Å². The molecule has 2 unspecified atom stereocenters. The summed E-state index contributed by atoms with van der Waals surface area (Å²) in [6, 6.07) is 9.03. The third kappa shape index (κ3) is 4.43. The molecule has 1 N–H and O–H groups in total. The Labute approximate surface area is 123 Å². The summed E-state index contributed by atoms with van der Waals surface area (Å²) < 4.78 is 5.70. The van der Waals surface area contributed by atoms with Crippen molar-refractivity contribution >= 4 is 5.69 Å². The Balaban J connectivity index is 1.92. The summed E-state index contributed by atoms with van der Waals surface area (Å²) in [6.07, 6.45) is 6.40. The first-order valence-electron chi connectivity index (χ1n) is 8.18. The van der Waals surface area contributed by atoms with Crippen molar-refractivity contribution in [1.29, 1.82) is 0 Å². The Kier molecular flexibility index (Phi) is 5.75. The van der Waals surface area contributed by atoms with E-state index in [1.165, 1.54) is 31.4 Å². The first-order chi connectivity index (χ1) is 9.69. The van der Waals surface area contributed by atoms with E-state index >= 15 is 0 Å². The van der Waals surface area contributed by atoms with Crippen LogP contribution in [0.15, 0.2) is 24.3 Å². The second-order valence-corrected chi connectivity index (χ2v) is 6.39. The highest BCUT2D eigenvalue weighted by Gasteiger charge is 2.23. The van der Waals surface area contributed by atoms with Crippen LogP contribution in [0.1, 0.15) is 52.9 Å². The van der Waals surface area contributed by atoms with E-state index in [0.29, 0.717) is 6.04 Å². The van der Waals surface area contributed by atoms with Crippen LogP contribution in [0.25, 0.3) is 0 Å². The van der Waals surface area contributed by atoms with E-state index in [-0.39, 0.29) is 0 Å². The smallest absolute Gasteiger partial charge is 0.121 e. The number of hydrogen-bond donors (Lipinski definition) is 1. The number of anilines is 1. The van der Waals surface area contributed by atoms with Crippen molar-refractivity contribution in [2.24, 2.45) is 11.8 Å². The van der Waals surface area contributed by atoms with E-state index in [4.69, 9.17) is 4.74 Å². The minimum atomic E-state index is 0.623. The maximum atomic E-state index is 5.70. The van der Waals surface area contributed by atoms with Crippen molar-refractivity contribution in [2.45, 2.75) is 58.9 Å². The van der Waals surface area contributed by atoms with Crippen LogP contribution in [0.2, 0.25) is 0 Å². The second-order valence-electron chi connectivity index (χ2n) is 6.39. The van der Waals surface area contributed by atoms with Gasteiger partial charge in [-0.15, -0.1) is 0 Å². The van der Waals surface area contributed by atoms with Gasteiger partial charge in [-0.25, -0.2) is 0 Å². The van der Waals surface area contributed by atoms with E-state index in [1.807, 2.05) is 6.07 Å². The molecule has 1 aliphatic carbocycles.